The molecule has 1 amide bonds. The standard InChI is InChI=1S/C26H22F4N6O/c1-14(2)22-18(5-4-8-31-22)23-32-11-17-10-21(37)36(25(17)34-23)12-16-7-6-15(9-19(16)27)24-33-20(13-35(24)3)26(28,29)30/h4-9,11,13-14H,10,12H2,1-3H3. The Morgan fingerprint density at radius 3 is 2.57 bits per heavy atom. The van der Waals surface area contributed by atoms with E-state index in [1.807, 2.05) is 19.9 Å². The van der Waals surface area contributed by atoms with Crippen molar-refractivity contribution in [3.8, 4) is 22.8 Å². The summed E-state index contributed by atoms with van der Waals surface area (Å²) < 4.78 is 55.4. The summed E-state index contributed by atoms with van der Waals surface area (Å²) in [5.41, 5.74) is 1.53. The molecule has 4 heterocycles. The summed E-state index contributed by atoms with van der Waals surface area (Å²) in [6.07, 6.45) is -0.364. The molecule has 4 aromatic rings. The molecular formula is C26H22F4N6O. The molecule has 0 fully saturated rings. The molecule has 7 nitrogen and oxygen atoms in total. The van der Waals surface area contributed by atoms with Crippen molar-refractivity contribution in [1.82, 2.24) is 24.5 Å². The molecule has 0 N–H and O–H groups in total. The van der Waals surface area contributed by atoms with Gasteiger partial charge < -0.3 is 4.57 Å². The number of hydrogen-bond acceptors (Lipinski definition) is 5. The number of hydrogen-bond donors (Lipinski definition) is 0. The number of pyridine rings is 1. The maximum Gasteiger partial charge on any atom is 0.434 e. The van der Waals surface area contributed by atoms with Gasteiger partial charge in [-0.15, -0.1) is 0 Å². The number of anilines is 1. The SMILES string of the molecule is CC(C)c1ncccc1-c1ncc2c(n1)N(Cc1ccc(-c3nc(C(F)(F)F)cn3C)cc1F)C(=O)C2. The second-order valence-electron chi connectivity index (χ2n) is 9.15. The predicted molar refractivity (Wildman–Crippen MR) is 128 cm³/mol. The molecule has 1 aromatic carbocycles. The number of fused-ring (bicyclic) bond motifs is 1. The van der Waals surface area contributed by atoms with E-state index in [9.17, 15) is 18.0 Å². The lowest BCUT2D eigenvalue weighted by atomic mass is 10.0. The minimum Gasteiger partial charge on any atom is -0.333 e. The lowest BCUT2D eigenvalue weighted by molar-refractivity contribution is -0.140. The van der Waals surface area contributed by atoms with Gasteiger partial charge in [-0.05, 0) is 24.1 Å². The highest BCUT2D eigenvalue weighted by Gasteiger charge is 2.35. The van der Waals surface area contributed by atoms with Gasteiger partial charge in [-0.1, -0.05) is 26.0 Å². The monoisotopic (exact) mass is 510 g/mol. The maximum atomic E-state index is 15.1. The van der Waals surface area contributed by atoms with Gasteiger partial charge in [-0.2, -0.15) is 13.2 Å². The normalized spacial score (nSPS) is 13.5. The second kappa shape index (κ2) is 9.06. The number of carbonyl (C=O) groups excluding carboxylic acids is 1. The molecule has 5 rings (SSSR count). The lowest BCUT2D eigenvalue weighted by Gasteiger charge is -2.18. The summed E-state index contributed by atoms with van der Waals surface area (Å²) in [5.74, 6) is 0.00911. The van der Waals surface area contributed by atoms with E-state index in [1.54, 1.807) is 18.5 Å². The molecule has 1 aliphatic heterocycles. The first kappa shape index (κ1) is 24.5. The average molecular weight is 510 g/mol. The number of halogens is 4. The Balaban J connectivity index is 1.45. The molecule has 1 aliphatic rings. The van der Waals surface area contributed by atoms with E-state index in [-0.39, 0.29) is 41.7 Å². The Hall–Kier alpha value is -4.15. The number of aryl methyl sites for hydroxylation is 1. The highest BCUT2D eigenvalue weighted by molar-refractivity contribution is 6.00. The molecule has 11 heteroatoms. The van der Waals surface area contributed by atoms with Crippen molar-refractivity contribution in [1.29, 1.82) is 0 Å². The smallest absolute Gasteiger partial charge is 0.333 e. The van der Waals surface area contributed by atoms with Crippen molar-refractivity contribution in [3.05, 3.63) is 77.3 Å². The van der Waals surface area contributed by atoms with Crippen molar-refractivity contribution in [2.75, 3.05) is 4.90 Å². The van der Waals surface area contributed by atoms with Gasteiger partial charge in [0.1, 0.15) is 17.5 Å². The van der Waals surface area contributed by atoms with Crippen LogP contribution in [-0.4, -0.2) is 30.4 Å². The molecule has 37 heavy (non-hydrogen) atoms. The fourth-order valence-electron chi connectivity index (χ4n) is 4.35. The number of carbonyl (C=O) groups is 1. The third-order valence-corrected chi connectivity index (χ3v) is 6.17. The number of benzene rings is 1. The molecule has 0 unspecified atom stereocenters. The van der Waals surface area contributed by atoms with Crippen LogP contribution < -0.4 is 4.90 Å². The van der Waals surface area contributed by atoms with Crippen LogP contribution in [-0.2, 0) is 31.0 Å². The first-order chi connectivity index (χ1) is 17.5. The fourth-order valence-corrected chi connectivity index (χ4v) is 4.35. The summed E-state index contributed by atoms with van der Waals surface area (Å²) >= 11 is 0. The summed E-state index contributed by atoms with van der Waals surface area (Å²) in [7, 11) is 1.41. The third-order valence-electron chi connectivity index (χ3n) is 6.17. The quantitative estimate of drug-likeness (QED) is 0.340. The third kappa shape index (κ3) is 4.56. The molecule has 190 valence electrons. The van der Waals surface area contributed by atoms with E-state index in [2.05, 4.69) is 19.9 Å². The van der Waals surface area contributed by atoms with Gasteiger partial charge in [0.25, 0.3) is 0 Å². The Morgan fingerprint density at radius 2 is 1.89 bits per heavy atom. The van der Waals surface area contributed by atoms with Gasteiger partial charge in [0.05, 0.1) is 18.7 Å². The zero-order valence-electron chi connectivity index (χ0n) is 20.2. The summed E-state index contributed by atoms with van der Waals surface area (Å²) in [6, 6.07) is 7.70. The minimum atomic E-state index is -4.61. The number of aromatic nitrogens is 5. The number of nitrogens with zero attached hydrogens (tertiary/aromatic N) is 6. The van der Waals surface area contributed by atoms with Crippen molar-refractivity contribution < 1.29 is 22.4 Å². The molecule has 0 radical (unpaired) electrons. The van der Waals surface area contributed by atoms with Crippen molar-refractivity contribution in [2.45, 2.75) is 38.9 Å². The van der Waals surface area contributed by atoms with E-state index in [0.717, 1.165) is 23.5 Å². The van der Waals surface area contributed by atoms with Gasteiger partial charge >= 0.3 is 6.18 Å². The number of rotatable bonds is 5. The van der Waals surface area contributed by atoms with Crippen LogP contribution >= 0.6 is 0 Å². The molecule has 3 aromatic heterocycles. The van der Waals surface area contributed by atoms with Crippen LogP contribution in [0.25, 0.3) is 22.8 Å². The number of amides is 1. The molecule has 0 spiro atoms. The number of imidazole rings is 1. The zero-order chi connectivity index (χ0) is 26.5. The average Bonchev–Trinajstić information content (AvgIpc) is 3.39. The number of alkyl halides is 3. The van der Waals surface area contributed by atoms with Gasteiger partial charge in [-0.3, -0.25) is 14.7 Å². The Bertz CT molecular complexity index is 1510. The molecular weight excluding hydrogens is 488 g/mol. The van der Waals surface area contributed by atoms with E-state index in [1.165, 1.54) is 28.6 Å². The van der Waals surface area contributed by atoms with Gasteiger partial charge in [0, 0.05) is 47.9 Å². The van der Waals surface area contributed by atoms with Crippen LogP contribution in [0, 0.1) is 5.82 Å². The van der Waals surface area contributed by atoms with E-state index < -0.39 is 17.7 Å². The highest BCUT2D eigenvalue weighted by Crippen LogP contribution is 2.34. The van der Waals surface area contributed by atoms with Crippen LogP contribution in [0.2, 0.25) is 0 Å². The predicted octanol–water partition coefficient (Wildman–Crippen LogP) is 5.31. The maximum absolute atomic E-state index is 15.1. The van der Waals surface area contributed by atoms with E-state index in [4.69, 9.17) is 0 Å². The van der Waals surface area contributed by atoms with E-state index in [0.29, 0.717) is 17.2 Å². The second-order valence-corrected chi connectivity index (χ2v) is 9.15. The first-order valence-electron chi connectivity index (χ1n) is 11.5. The Labute approximate surface area is 209 Å². The Kier molecular flexibility index (Phi) is 6.01. The fraction of sp³-hybridized carbons (Fsp3) is 0.269. The minimum absolute atomic E-state index is 0.0184. The van der Waals surface area contributed by atoms with Gasteiger partial charge in [0.15, 0.2) is 11.5 Å². The molecule has 0 bridgehead atoms. The van der Waals surface area contributed by atoms with Crippen molar-refractivity contribution in [2.24, 2.45) is 7.05 Å². The van der Waals surface area contributed by atoms with E-state index >= 15 is 4.39 Å². The molecule has 0 saturated heterocycles. The van der Waals surface area contributed by atoms with Crippen LogP contribution in [0.5, 0.6) is 0 Å². The van der Waals surface area contributed by atoms with Crippen molar-refractivity contribution in [3.63, 3.8) is 0 Å². The van der Waals surface area contributed by atoms with Crippen molar-refractivity contribution >= 4 is 11.7 Å². The van der Waals surface area contributed by atoms with Crippen LogP contribution in [0.15, 0.2) is 48.9 Å². The van der Waals surface area contributed by atoms with Gasteiger partial charge in [0.2, 0.25) is 5.91 Å². The van der Waals surface area contributed by atoms with Crippen LogP contribution in [0.1, 0.15) is 42.3 Å². The topological polar surface area (TPSA) is 76.8 Å². The van der Waals surface area contributed by atoms with Crippen LogP contribution in [0.4, 0.5) is 23.4 Å². The largest absolute Gasteiger partial charge is 0.434 e. The first-order valence-corrected chi connectivity index (χ1v) is 11.5. The molecule has 0 atom stereocenters. The molecule has 0 aliphatic carbocycles. The Morgan fingerprint density at radius 1 is 1.11 bits per heavy atom. The van der Waals surface area contributed by atoms with Crippen LogP contribution in [0.3, 0.4) is 0 Å². The highest BCUT2D eigenvalue weighted by atomic mass is 19.4. The molecule has 0 saturated carbocycles. The lowest BCUT2D eigenvalue weighted by Crippen LogP contribution is -2.27. The zero-order valence-corrected chi connectivity index (χ0v) is 20.2. The summed E-state index contributed by atoms with van der Waals surface area (Å²) in [6.45, 7) is 3.93. The summed E-state index contributed by atoms with van der Waals surface area (Å²) in [5, 5.41) is 0. The van der Waals surface area contributed by atoms with Gasteiger partial charge in [-0.25, -0.2) is 19.3 Å². The summed E-state index contributed by atoms with van der Waals surface area (Å²) in [4.78, 5) is 31.3.